The minimum Gasteiger partial charge on any atom is -0.493 e. The number of carboxylic acids is 1. The minimum atomic E-state index is -1.05. The molecule has 0 bridgehead atoms. The molecule has 0 fully saturated rings. The van der Waals surface area contributed by atoms with E-state index in [0.29, 0.717) is 31.1 Å². The van der Waals surface area contributed by atoms with Gasteiger partial charge in [0.1, 0.15) is 17.3 Å². The van der Waals surface area contributed by atoms with Crippen molar-refractivity contribution in [2.24, 2.45) is 0 Å². The van der Waals surface area contributed by atoms with Crippen LogP contribution in [0.1, 0.15) is 18.4 Å². The van der Waals surface area contributed by atoms with Gasteiger partial charge in [-0.3, -0.25) is 4.79 Å². The van der Waals surface area contributed by atoms with Crippen LogP contribution in [0.15, 0.2) is 48.5 Å². The lowest BCUT2D eigenvalue weighted by molar-refractivity contribution is -0.139. The molecule has 0 saturated carbocycles. The lowest BCUT2D eigenvalue weighted by Crippen LogP contribution is -2.23. The summed E-state index contributed by atoms with van der Waals surface area (Å²) in [5.74, 6) is -0.685. The predicted octanol–water partition coefficient (Wildman–Crippen LogP) is 2.76. The molecule has 2 rings (SSSR count). The molecule has 2 N–H and O–H groups in total. The number of nitrogens with one attached hydrogen (secondary N) is 1. The van der Waals surface area contributed by atoms with E-state index in [1.54, 1.807) is 36.4 Å². The maximum atomic E-state index is 13.0. The third kappa shape index (κ3) is 7.21. The Kier molecular flexibility index (Phi) is 7.42. The first-order valence-electron chi connectivity index (χ1n) is 8.11. The summed E-state index contributed by atoms with van der Waals surface area (Å²) in [6.45, 7) is 0.213. The lowest BCUT2D eigenvalue weighted by atomic mass is 10.2. The largest absolute Gasteiger partial charge is 0.493 e. The van der Waals surface area contributed by atoms with Crippen molar-refractivity contribution in [3.63, 3.8) is 0 Å². The van der Waals surface area contributed by atoms with Crippen LogP contribution in [0.5, 0.6) is 11.5 Å². The second-order valence-electron chi connectivity index (χ2n) is 5.52. The predicted molar refractivity (Wildman–Crippen MR) is 92.5 cm³/mol. The molecule has 2 aromatic rings. The lowest BCUT2D eigenvalue weighted by Gasteiger charge is -2.09. The van der Waals surface area contributed by atoms with Crippen LogP contribution < -0.4 is 14.8 Å². The summed E-state index contributed by atoms with van der Waals surface area (Å²) >= 11 is 0. The molecule has 0 saturated heterocycles. The van der Waals surface area contributed by atoms with E-state index in [-0.39, 0.29) is 18.1 Å². The van der Waals surface area contributed by atoms with Gasteiger partial charge < -0.3 is 19.9 Å². The normalized spacial score (nSPS) is 10.2. The van der Waals surface area contributed by atoms with Gasteiger partial charge in [-0.2, -0.15) is 0 Å². The Hall–Kier alpha value is -3.09. The first-order chi connectivity index (χ1) is 12.5. The topological polar surface area (TPSA) is 84.9 Å². The summed E-state index contributed by atoms with van der Waals surface area (Å²) in [6, 6.07) is 12.7. The molecule has 0 aliphatic rings. The van der Waals surface area contributed by atoms with Crippen molar-refractivity contribution >= 4 is 11.9 Å². The zero-order valence-corrected chi connectivity index (χ0v) is 14.1. The number of carbonyl (C=O) groups excluding carboxylic acids is 1. The highest BCUT2D eigenvalue weighted by Crippen LogP contribution is 2.14. The van der Waals surface area contributed by atoms with Crippen molar-refractivity contribution in [2.45, 2.75) is 19.4 Å². The second-order valence-corrected chi connectivity index (χ2v) is 5.52. The second kappa shape index (κ2) is 10.0. The maximum absolute atomic E-state index is 13.0. The molecule has 6 nitrogen and oxygen atoms in total. The number of aliphatic carboxylic acids is 1. The fraction of sp³-hybridized carbons (Fsp3) is 0.263. The summed E-state index contributed by atoms with van der Waals surface area (Å²) < 4.78 is 23.5. The zero-order chi connectivity index (χ0) is 18.8. The van der Waals surface area contributed by atoms with E-state index < -0.39 is 12.6 Å². The summed E-state index contributed by atoms with van der Waals surface area (Å²) in [4.78, 5) is 22.3. The fourth-order valence-electron chi connectivity index (χ4n) is 2.16. The van der Waals surface area contributed by atoms with E-state index in [1.165, 1.54) is 12.1 Å². The maximum Gasteiger partial charge on any atom is 0.341 e. The van der Waals surface area contributed by atoms with E-state index in [0.717, 1.165) is 5.56 Å². The molecule has 0 aromatic heterocycles. The van der Waals surface area contributed by atoms with Crippen LogP contribution in [0.3, 0.4) is 0 Å². The molecule has 7 heteroatoms. The van der Waals surface area contributed by atoms with Crippen LogP contribution in [0.4, 0.5) is 4.39 Å². The van der Waals surface area contributed by atoms with Gasteiger partial charge in [-0.15, -0.1) is 0 Å². The Labute approximate surface area is 150 Å². The molecule has 0 aliphatic heterocycles. The van der Waals surface area contributed by atoms with Crippen molar-refractivity contribution in [1.29, 1.82) is 0 Å². The monoisotopic (exact) mass is 361 g/mol. The van der Waals surface area contributed by atoms with Gasteiger partial charge in [-0.25, -0.2) is 9.18 Å². The van der Waals surface area contributed by atoms with Crippen LogP contribution in [0.2, 0.25) is 0 Å². The van der Waals surface area contributed by atoms with Gasteiger partial charge in [0.15, 0.2) is 6.61 Å². The van der Waals surface area contributed by atoms with E-state index in [1.807, 2.05) is 0 Å². The molecule has 26 heavy (non-hydrogen) atoms. The number of carbonyl (C=O) groups is 2. The van der Waals surface area contributed by atoms with Gasteiger partial charge in [-0.1, -0.05) is 18.2 Å². The number of carboxylic acid groups (broad SMARTS) is 1. The zero-order valence-electron chi connectivity index (χ0n) is 14.1. The van der Waals surface area contributed by atoms with E-state index in [2.05, 4.69) is 5.32 Å². The Bertz CT molecular complexity index is 750. The van der Waals surface area contributed by atoms with Crippen molar-refractivity contribution in [2.75, 3.05) is 13.2 Å². The Morgan fingerprint density at radius 1 is 1.04 bits per heavy atom. The van der Waals surface area contributed by atoms with Gasteiger partial charge in [-0.05, 0) is 36.2 Å². The highest BCUT2D eigenvalue weighted by molar-refractivity contribution is 5.75. The molecule has 0 spiro atoms. The van der Waals surface area contributed by atoms with Gasteiger partial charge in [0, 0.05) is 19.0 Å². The molecule has 2 aromatic carbocycles. The van der Waals surface area contributed by atoms with Crippen LogP contribution in [-0.4, -0.2) is 30.2 Å². The Morgan fingerprint density at radius 3 is 2.50 bits per heavy atom. The molecule has 0 radical (unpaired) electrons. The molecule has 1 amide bonds. The SMILES string of the molecule is O=C(O)COc1cccc(CNC(=O)CCCOc2cccc(F)c2)c1. The molecule has 0 unspecified atom stereocenters. The number of benzene rings is 2. The van der Waals surface area contributed by atoms with Crippen LogP contribution >= 0.6 is 0 Å². The minimum absolute atomic E-state index is 0.135. The van der Waals surface area contributed by atoms with Crippen molar-refractivity contribution in [1.82, 2.24) is 5.32 Å². The first kappa shape index (κ1) is 19.2. The Balaban J connectivity index is 1.66. The van der Waals surface area contributed by atoms with E-state index in [4.69, 9.17) is 14.6 Å². The van der Waals surface area contributed by atoms with Crippen molar-refractivity contribution < 1.29 is 28.6 Å². The van der Waals surface area contributed by atoms with Crippen LogP contribution in [-0.2, 0) is 16.1 Å². The average molecular weight is 361 g/mol. The molecular weight excluding hydrogens is 341 g/mol. The quantitative estimate of drug-likeness (QED) is 0.636. The standard InChI is InChI=1S/C19H20FNO5/c20-15-5-2-7-17(11-15)25-9-3-8-18(22)21-12-14-4-1-6-16(10-14)26-13-19(23)24/h1-2,4-7,10-11H,3,8-9,12-13H2,(H,21,22)(H,23,24). The number of ether oxygens (including phenoxy) is 2. The summed E-state index contributed by atoms with van der Waals surface area (Å²) in [6.07, 6.45) is 0.786. The van der Waals surface area contributed by atoms with Gasteiger partial charge in [0.05, 0.1) is 6.61 Å². The van der Waals surface area contributed by atoms with Crippen molar-refractivity contribution in [3.8, 4) is 11.5 Å². The van der Waals surface area contributed by atoms with Crippen LogP contribution in [0, 0.1) is 5.82 Å². The summed E-state index contributed by atoms with van der Waals surface area (Å²) in [5, 5.41) is 11.4. The molecule has 138 valence electrons. The molecular formula is C19H20FNO5. The van der Waals surface area contributed by atoms with Crippen molar-refractivity contribution in [3.05, 3.63) is 59.9 Å². The van der Waals surface area contributed by atoms with Crippen LogP contribution in [0.25, 0.3) is 0 Å². The highest BCUT2D eigenvalue weighted by Gasteiger charge is 2.04. The number of hydrogen-bond acceptors (Lipinski definition) is 4. The number of amides is 1. The van der Waals surface area contributed by atoms with Gasteiger partial charge in [0.2, 0.25) is 5.91 Å². The third-order valence-corrected chi connectivity index (χ3v) is 3.36. The first-order valence-corrected chi connectivity index (χ1v) is 8.11. The average Bonchev–Trinajstić information content (AvgIpc) is 2.62. The van der Waals surface area contributed by atoms with E-state index >= 15 is 0 Å². The number of hydrogen-bond donors (Lipinski definition) is 2. The summed E-state index contributed by atoms with van der Waals surface area (Å²) in [7, 11) is 0. The molecule has 0 aliphatic carbocycles. The Morgan fingerprint density at radius 2 is 1.77 bits per heavy atom. The number of halogens is 1. The molecule has 0 heterocycles. The molecule has 0 atom stereocenters. The smallest absolute Gasteiger partial charge is 0.341 e. The van der Waals surface area contributed by atoms with Gasteiger partial charge in [0.25, 0.3) is 0 Å². The summed E-state index contributed by atoms with van der Waals surface area (Å²) in [5.41, 5.74) is 0.803. The fourth-order valence-corrected chi connectivity index (χ4v) is 2.16. The van der Waals surface area contributed by atoms with E-state index in [9.17, 15) is 14.0 Å². The number of rotatable bonds is 10. The highest BCUT2D eigenvalue weighted by atomic mass is 19.1. The van der Waals surface area contributed by atoms with Gasteiger partial charge >= 0.3 is 5.97 Å². The third-order valence-electron chi connectivity index (χ3n) is 3.36.